The highest BCUT2D eigenvalue weighted by molar-refractivity contribution is 7.72. The van der Waals surface area contributed by atoms with Gasteiger partial charge in [-0.1, -0.05) is 165 Å². The van der Waals surface area contributed by atoms with E-state index in [4.69, 9.17) is 12.9 Å². The molecule has 0 amide bonds. The summed E-state index contributed by atoms with van der Waals surface area (Å²) in [5.41, 5.74) is 9.60. The summed E-state index contributed by atoms with van der Waals surface area (Å²) in [6.45, 7) is 27.2. The third-order valence-electron chi connectivity index (χ3n) is 9.93. The van der Waals surface area contributed by atoms with Gasteiger partial charge in [0, 0.05) is 28.1 Å². The maximum Gasteiger partial charge on any atom is 0.387 e. The van der Waals surface area contributed by atoms with Gasteiger partial charge in [0.1, 0.15) is 11.2 Å². The van der Waals surface area contributed by atoms with Gasteiger partial charge in [-0.05, 0) is 88.6 Å². The van der Waals surface area contributed by atoms with Gasteiger partial charge in [-0.2, -0.15) is 0 Å². The molecule has 3 nitrogen and oxygen atoms in total. The Kier molecular flexibility index (Phi) is 11.3. The largest absolute Gasteiger partial charge is 0.399 e. The van der Waals surface area contributed by atoms with Crippen molar-refractivity contribution in [3.05, 3.63) is 149 Å². The Morgan fingerprint density at radius 3 is 1.62 bits per heavy atom. The lowest BCUT2D eigenvalue weighted by atomic mass is 9.78. The van der Waals surface area contributed by atoms with Crippen LogP contribution < -0.4 is 15.1 Å². The SMILES string of the molecule is C=C(C)c1cc(C(C)(C)C)c2op(OCCc3ccccc3CP(c3ccccc3)c3ccccc3)oc3c(C(C)(C)C)cc(C(C)(C)C)cc3c2c1. The zero-order valence-corrected chi connectivity index (χ0v) is 35.1. The van der Waals surface area contributed by atoms with Crippen LogP contribution >= 0.6 is 16.2 Å². The normalized spacial score (nSPS) is 12.8. The van der Waals surface area contributed by atoms with Crippen molar-refractivity contribution in [3.63, 3.8) is 0 Å². The summed E-state index contributed by atoms with van der Waals surface area (Å²) in [6.07, 6.45) is 1.72. The first kappa shape index (κ1) is 38.8. The highest BCUT2D eigenvalue weighted by atomic mass is 31.1. The lowest BCUT2D eigenvalue weighted by molar-refractivity contribution is 0.374. The fourth-order valence-electron chi connectivity index (χ4n) is 6.77. The van der Waals surface area contributed by atoms with E-state index < -0.39 is 16.2 Å². The first-order chi connectivity index (χ1) is 25.0. The summed E-state index contributed by atoms with van der Waals surface area (Å²) in [5.74, 6) is 0. The van der Waals surface area contributed by atoms with Crippen molar-refractivity contribution in [2.75, 3.05) is 6.61 Å². The zero-order chi connectivity index (χ0) is 38.1. The standard InChI is InChI=1S/C48H56O3P2/c1-33(2)36-28-40-41-30-37(46(3,4)5)31-43(48(9,10)11)45(41)51-53(50-44(40)42(29-36)47(6,7)8)49-27-26-34-20-18-19-21-35(34)32-52(38-22-14-12-15-23-38)39-24-16-13-17-25-39/h12-25,28-31H,1,26-27,32H2,2-11H3. The highest BCUT2D eigenvalue weighted by Crippen LogP contribution is 2.45. The Balaban J connectivity index is 1.46. The first-order valence-corrected chi connectivity index (χ1v) is 21.4. The summed E-state index contributed by atoms with van der Waals surface area (Å²) >= 11 is 0. The second-order valence-electron chi connectivity index (χ2n) is 17.3. The van der Waals surface area contributed by atoms with Crippen LogP contribution in [-0.4, -0.2) is 6.61 Å². The van der Waals surface area contributed by atoms with Crippen LogP contribution in [0.2, 0.25) is 0 Å². The van der Waals surface area contributed by atoms with E-state index in [1.54, 1.807) is 0 Å². The molecule has 0 radical (unpaired) electrons. The molecule has 1 unspecified atom stereocenters. The predicted molar refractivity (Wildman–Crippen MR) is 231 cm³/mol. The maximum absolute atomic E-state index is 6.98. The number of hydrogen-bond donors (Lipinski definition) is 0. The van der Waals surface area contributed by atoms with Crippen molar-refractivity contribution in [2.24, 2.45) is 0 Å². The molecule has 0 bridgehead atoms. The Labute approximate surface area is 319 Å². The Morgan fingerprint density at radius 2 is 1.11 bits per heavy atom. The summed E-state index contributed by atoms with van der Waals surface area (Å²) in [7, 11) is -2.35. The van der Waals surface area contributed by atoms with Gasteiger partial charge in [-0.15, -0.1) is 0 Å². The molecule has 0 aliphatic carbocycles. The van der Waals surface area contributed by atoms with E-state index in [-0.39, 0.29) is 16.2 Å². The topological polar surface area (TPSA) is 35.5 Å². The lowest BCUT2D eigenvalue weighted by Gasteiger charge is -2.26. The maximum atomic E-state index is 6.98. The van der Waals surface area contributed by atoms with Gasteiger partial charge in [-0.25, -0.2) is 0 Å². The quantitative estimate of drug-likeness (QED) is 0.138. The van der Waals surface area contributed by atoms with E-state index in [9.17, 15) is 0 Å². The van der Waals surface area contributed by atoms with Gasteiger partial charge in [0.05, 0.1) is 6.61 Å². The minimum absolute atomic E-state index is 0.0584. The molecule has 0 fully saturated rings. The van der Waals surface area contributed by atoms with Crippen molar-refractivity contribution in [2.45, 2.75) is 98.1 Å². The molecule has 53 heavy (non-hydrogen) atoms. The predicted octanol–water partition coefficient (Wildman–Crippen LogP) is 13.5. The molecule has 276 valence electrons. The average Bonchev–Trinajstić information content (AvgIpc) is 3.26. The van der Waals surface area contributed by atoms with E-state index in [2.05, 4.69) is 185 Å². The second kappa shape index (κ2) is 15.5. The van der Waals surface area contributed by atoms with Crippen LogP contribution in [0.3, 0.4) is 0 Å². The molecule has 0 saturated carbocycles. The second-order valence-corrected chi connectivity index (χ2v) is 20.6. The minimum Gasteiger partial charge on any atom is -0.399 e. The summed E-state index contributed by atoms with van der Waals surface area (Å²) < 4.78 is 20.7. The van der Waals surface area contributed by atoms with E-state index in [0.717, 1.165) is 56.8 Å². The summed E-state index contributed by atoms with van der Waals surface area (Å²) in [4.78, 5) is 0. The van der Waals surface area contributed by atoms with Crippen molar-refractivity contribution < 1.29 is 12.9 Å². The molecule has 1 heterocycles. The van der Waals surface area contributed by atoms with Gasteiger partial charge in [0.15, 0.2) is 0 Å². The lowest BCUT2D eigenvalue weighted by Crippen LogP contribution is -2.16. The molecule has 0 aliphatic rings. The molecule has 5 aromatic carbocycles. The van der Waals surface area contributed by atoms with Crippen LogP contribution in [0.15, 0.2) is 124 Å². The Morgan fingerprint density at radius 1 is 0.623 bits per heavy atom. The summed E-state index contributed by atoms with van der Waals surface area (Å²) in [6, 6.07) is 39.8. The van der Waals surface area contributed by atoms with Crippen LogP contribution in [0.1, 0.15) is 103 Å². The fourth-order valence-corrected chi connectivity index (χ4v) is 10.2. The molecule has 5 heteroatoms. The molecule has 0 saturated heterocycles. The van der Waals surface area contributed by atoms with Crippen molar-refractivity contribution in [3.8, 4) is 0 Å². The molecule has 0 N–H and O–H groups in total. The molecule has 0 spiro atoms. The third kappa shape index (κ3) is 8.92. The van der Waals surface area contributed by atoms with Gasteiger partial charge in [-0.3, -0.25) is 4.52 Å². The van der Waals surface area contributed by atoms with Gasteiger partial charge >= 0.3 is 8.24 Å². The van der Waals surface area contributed by atoms with Crippen LogP contribution in [0, 0.1) is 0 Å². The molecule has 0 aliphatic heterocycles. The Bertz CT molecular complexity index is 2230. The number of allylic oxidation sites excluding steroid dienone is 1. The molecular formula is C48H56O3P2. The van der Waals surface area contributed by atoms with E-state index in [0.29, 0.717) is 6.61 Å². The van der Waals surface area contributed by atoms with Crippen molar-refractivity contribution in [1.29, 1.82) is 0 Å². The molecule has 1 aromatic heterocycles. The van der Waals surface area contributed by atoms with Crippen LogP contribution in [0.25, 0.3) is 27.5 Å². The molecular weight excluding hydrogens is 686 g/mol. The number of benzene rings is 5. The van der Waals surface area contributed by atoms with E-state index >= 15 is 0 Å². The minimum atomic E-state index is -1.77. The van der Waals surface area contributed by atoms with E-state index in [1.807, 2.05) is 0 Å². The van der Waals surface area contributed by atoms with Crippen molar-refractivity contribution in [1.82, 2.24) is 0 Å². The fraction of sp³-hybridized carbons (Fsp3) is 0.333. The van der Waals surface area contributed by atoms with E-state index in [1.165, 1.54) is 27.3 Å². The molecule has 6 aromatic rings. The first-order valence-electron chi connectivity index (χ1n) is 18.8. The summed E-state index contributed by atoms with van der Waals surface area (Å²) in [5, 5.41) is 4.86. The van der Waals surface area contributed by atoms with Crippen LogP contribution in [0.4, 0.5) is 0 Å². The zero-order valence-electron chi connectivity index (χ0n) is 33.3. The van der Waals surface area contributed by atoms with Crippen LogP contribution in [0.5, 0.6) is 0 Å². The highest BCUT2D eigenvalue weighted by Gasteiger charge is 2.27. The van der Waals surface area contributed by atoms with Crippen molar-refractivity contribution >= 4 is 54.3 Å². The van der Waals surface area contributed by atoms with Crippen LogP contribution in [-0.2, 0) is 28.8 Å². The third-order valence-corrected chi connectivity index (χ3v) is 13.5. The smallest absolute Gasteiger partial charge is 0.387 e. The molecule has 1 atom stereocenters. The average molecular weight is 743 g/mol. The number of rotatable bonds is 9. The monoisotopic (exact) mass is 742 g/mol. The van der Waals surface area contributed by atoms with Gasteiger partial charge in [0.25, 0.3) is 0 Å². The Hall–Kier alpha value is -3.87. The molecule has 6 rings (SSSR count). The number of hydrogen-bond acceptors (Lipinski definition) is 3. The number of fused-ring (bicyclic) bond motifs is 3. The van der Waals surface area contributed by atoms with Gasteiger partial charge in [0.2, 0.25) is 0 Å². The van der Waals surface area contributed by atoms with Gasteiger partial charge < -0.3 is 8.39 Å².